The Bertz CT molecular complexity index is 411. The average Bonchev–Trinajstić information content (AvgIpc) is 2.72. The Morgan fingerprint density at radius 1 is 1.73 bits per heavy atom. The SMILES string of the molecule is Cn1ncc(NC2CCNC2)c(Br)c1=O. The van der Waals surface area contributed by atoms with Crippen LogP contribution in [-0.2, 0) is 7.05 Å². The summed E-state index contributed by atoms with van der Waals surface area (Å²) in [5, 5.41) is 10.5. The molecule has 0 saturated carbocycles. The normalized spacial score (nSPS) is 20.5. The van der Waals surface area contributed by atoms with E-state index in [2.05, 4.69) is 31.7 Å². The van der Waals surface area contributed by atoms with Crippen molar-refractivity contribution in [1.29, 1.82) is 0 Å². The minimum atomic E-state index is -0.119. The van der Waals surface area contributed by atoms with E-state index in [0.29, 0.717) is 10.5 Å². The van der Waals surface area contributed by atoms with Gasteiger partial charge in [0.05, 0.1) is 11.9 Å². The standard InChI is InChI=1S/C9H13BrN4O/c1-14-9(15)8(10)7(5-12-14)13-6-2-3-11-4-6/h5-6,11,13H,2-4H2,1H3. The fourth-order valence-corrected chi connectivity index (χ4v) is 2.08. The van der Waals surface area contributed by atoms with Gasteiger partial charge in [-0.2, -0.15) is 5.10 Å². The molecule has 1 aliphatic heterocycles. The Balaban J connectivity index is 2.21. The van der Waals surface area contributed by atoms with E-state index in [-0.39, 0.29) is 5.56 Å². The zero-order valence-electron chi connectivity index (χ0n) is 8.46. The molecule has 1 saturated heterocycles. The molecule has 0 aromatic carbocycles. The molecule has 2 heterocycles. The minimum Gasteiger partial charge on any atom is -0.379 e. The van der Waals surface area contributed by atoms with Crippen LogP contribution in [-0.4, -0.2) is 28.9 Å². The highest BCUT2D eigenvalue weighted by Crippen LogP contribution is 2.18. The van der Waals surface area contributed by atoms with Crippen LogP contribution in [0.4, 0.5) is 5.69 Å². The summed E-state index contributed by atoms with van der Waals surface area (Å²) in [6.45, 7) is 1.95. The first-order valence-electron chi connectivity index (χ1n) is 4.87. The Kier molecular flexibility index (Phi) is 3.06. The maximum absolute atomic E-state index is 11.6. The molecular formula is C9H13BrN4O. The van der Waals surface area contributed by atoms with Crippen LogP contribution in [0.25, 0.3) is 0 Å². The van der Waals surface area contributed by atoms with E-state index in [1.165, 1.54) is 4.68 Å². The number of aryl methyl sites for hydroxylation is 1. The first kappa shape index (κ1) is 10.6. The van der Waals surface area contributed by atoms with Crippen LogP contribution < -0.4 is 16.2 Å². The van der Waals surface area contributed by atoms with Gasteiger partial charge in [0.15, 0.2) is 0 Å². The molecule has 2 N–H and O–H groups in total. The fourth-order valence-electron chi connectivity index (χ4n) is 1.61. The van der Waals surface area contributed by atoms with Crippen LogP contribution in [0.3, 0.4) is 0 Å². The van der Waals surface area contributed by atoms with E-state index in [1.54, 1.807) is 13.2 Å². The summed E-state index contributed by atoms with van der Waals surface area (Å²) in [7, 11) is 1.63. The third kappa shape index (κ3) is 2.21. The van der Waals surface area contributed by atoms with Gasteiger partial charge in [0.2, 0.25) is 0 Å². The highest BCUT2D eigenvalue weighted by Gasteiger charge is 2.16. The monoisotopic (exact) mass is 272 g/mol. The lowest BCUT2D eigenvalue weighted by atomic mass is 10.2. The number of anilines is 1. The van der Waals surface area contributed by atoms with Crippen LogP contribution in [0.2, 0.25) is 0 Å². The molecule has 1 atom stereocenters. The molecule has 0 radical (unpaired) electrons. The second-order valence-electron chi connectivity index (χ2n) is 3.64. The number of rotatable bonds is 2. The molecular weight excluding hydrogens is 260 g/mol. The van der Waals surface area contributed by atoms with Gasteiger partial charge in [-0.05, 0) is 28.9 Å². The molecule has 0 aliphatic carbocycles. The number of aromatic nitrogens is 2. The number of nitrogens with one attached hydrogen (secondary N) is 2. The molecule has 2 rings (SSSR count). The molecule has 0 amide bonds. The van der Waals surface area contributed by atoms with Crippen LogP contribution in [0.1, 0.15) is 6.42 Å². The Morgan fingerprint density at radius 3 is 3.20 bits per heavy atom. The largest absolute Gasteiger partial charge is 0.379 e. The van der Waals surface area contributed by atoms with Crippen molar-refractivity contribution in [1.82, 2.24) is 15.1 Å². The van der Waals surface area contributed by atoms with Crippen LogP contribution >= 0.6 is 15.9 Å². The molecule has 6 heteroatoms. The summed E-state index contributed by atoms with van der Waals surface area (Å²) in [6, 6.07) is 0.384. The van der Waals surface area contributed by atoms with Gasteiger partial charge in [-0.3, -0.25) is 4.79 Å². The second kappa shape index (κ2) is 4.32. The van der Waals surface area contributed by atoms with Crippen molar-refractivity contribution in [3.8, 4) is 0 Å². The number of hydrogen-bond donors (Lipinski definition) is 2. The minimum absolute atomic E-state index is 0.119. The summed E-state index contributed by atoms with van der Waals surface area (Å²) in [4.78, 5) is 11.6. The molecule has 1 aliphatic rings. The average molecular weight is 273 g/mol. The lowest BCUT2D eigenvalue weighted by Crippen LogP contribution is -2.26. The third-order valence-corrected chi connectivity index (χ3v) is 3.26. The van der Waals surface area contributed by atoms with Gasteiger partial charge in [0.25, 0.3) is 5.56 Å². The predicted octanol–water partition coefficient (Wildman–Crippen LogP) is 0.317. The van der Waals surface area contributed by atoms with Crippen LogP contribution in [0.5, 0.6) is 0 Å². The number of hydrogen-bond acceptors (Lipinski definition) is 4. The fraction of sp³-hybridized carbons (Fsp3) is 0.556. The van der Waals surface area contributed by atoms with Crippen molar-refractivity contribution in [2.24, 2.45) is 7.05 Å². The van der Waals surface area contributed by atoms with Crippen LogP contribution in [0.15, 0.2) is 15.5 Å². The van der Waals surface area contributed by atoms with Gasteiger partial charge in [-0.1, -0.05) is 0 Å². The molecule has 5 nitrogen and oxygen atoms in total. The first-order chi connectivity index (χ1) is 7.18. The highest BCUT2D eigenvalue weighted by molar-refractivity contribution is 9.10. The van der Waals surface area contributed by atoms with Gasteiger partial charge in [-0.25, -0.2) is 4.68 Å². The van der Waals surface area contributed by atoms with E-state index in [0.717, 1.165) is 25.2 Å². The van der Waals surface area contributed by atoms with Crippen molar-refractivity contribution in [2.75, 3.05) is 18.4 Å². The Morgan fingerprint density at radius 2 is 2.53 bits per heavy atom. The quantitative estimate of drug-likeness (QED) is 0.814. The summed E-state index contributed by atoms with van der Waals surface area (Å²) in [5.74, 6) is 0. The molecule has 1 aromatic rings. The first-order valence-corrected chi connectivity index (χ1v) is 5.67. The molecule has 1 aromatic heterocycles. The lowest BCUT2D eigenvalue weighted by Gasteiger charge is -2.13. The zero-order valence-corrected chi connectivity index (χ0v) is 10.0. The van der Waals surface area contributed by atoms with Gasteiger partial charge in [-0.15, -0.1) is 0 Å². The number of halogens is 1. The summed E-state index contributed by atoms with van der Waals surface area (Å²) < 4.78 is 1.86. The summed E-state index contributed by atoms with van der Waals surface area (Å²) in [5.41, 5.74) is 0.651. The molecule has 1 fully saturated rings. The molecule has 1 unspecified atom stereocenters. The predicted molar refractivity (Wildman–Crippen MR) is 62.1 cm³/mol. The maximum Gasteiger partial charge on any atom is 0.282 e. The van der Waals surface area contributed by atoms with Crippen molar-refractivity contribution in [3.63, 3.8) is 0 Å². The van der Waals surface area contributed by atoms with E-state index in [1.807, 2.05) is 0 Å². The highest BCUT2D eigenvalue weighted by atomic mass is 79.9. The zero-order chi connectivity index (χ0) is 10.8. The van der Waals surface area contributed by atoms with Crippen LogP contribution in [0, 0.1) is 0 Å². The third-order valence-electron chi connectivity index (χ3n) is 2.50. The van der Waals surface area contributed by atoms with Gasteiger partial charge < -0.3 is 10.6 Å². The van der Waals surface area contributed by atoms with Crippen molar-refractivity contribution in [2.45, 2.75) is 12.5 Å². The van der Waals surface area contributed by atoms with E-state index in [9.17, 15) is 4.79 Å². The van der Waals surface area contributed by atoms with E-state index >= 15 is 0 Å². The van der Waals surface area contributed by atoms with E-state index in [4.69, 9.17) is 0 Å². The smallest absolute Gasteiger partial charge is 0.282 e. The van der Waals surface area contributed by atoms with Crippen molar-refractivity contribution in [3.05, 3.63) is 21.0 Å². The summed E-state index contributed by atoms with van der Waals surface area (Å²) >= 11 is 3.28. The molecule has 82 valence electrons. The van der Waals surface area contributed by atoms with Gasteiger partial charge >= 0.3 is 0 Å². The Hall–Kier alpha value is -0.880. The maximum atomic E-state index is 11.6. The van der Waals surface area contributed by atoms with Crippen molar-refractivity contribution < 1.29 is 0 Å². The Labute approximate surface area is 96.0 Å². The van der Waals surface area contributed by atoms with E-state index < -0.39 is 0 Å². The van der Waals surface area contributed by atoms with Gasteiger partial charge in [0, 0.05) is 19.6 Å². The molecule has 0 spiro atoms. The summed E-state index contributed by atoms with van der Waals surface area (Å²) in [6.07, 6.45) is 2.74. The van der Waals surface area contributed by atoms with Crippen molar-refractivity contribution >= 4 is 21.6 Å². The number of nitrogens with zero attached hydrogens (tertiary/aromatic N) is 2. The molecule has 15 heavy (non-hydrogen) atoms. The lowest BCUT2D eigenvalue weighted by molar-refractivity contribution is 0.699. The second-order valence-corrected chi connectivity index (χ2v) is 4.43. The topological polar surface area (TPSA) is 59.0 Å². The van der Waals surface area contributed by atoms with Gasteiger partial charge in [0.1, 0.15) is 4.47 Å². The molecule has 0 bridgehead atoms.